The van der Waals surface area contributed by atoms with Gasteiger partial charge in [0.25, 0.3) is 0 Å². The summed E-state index contributed by atoms with van der Waals surface area (Å²) in [5.41, 5.74) is 0.866. The average molecular weight is 350 g/mol. The Balaban J connectivity index is 1.82. The number of nitrogens with one attached hydrogen (secondary N) is 2. The molecule has 0 saturated carbocycles. The number of hydrogen-bond acceptors (Lipinski definition) is 4. The predicted octanol–water partition coefficient (Wildman–Crippen LogP) is 3.49. The van der Waals surface area contributed by atoms with Gasteiger partial charge in [0.05, 0.1) is 6.54 Å². The minimum Gasteiger partial charge on any atom is -0.356 e. The van der Waals surface area contributed by atoms with Gasteiger partial charge in [-0.05, 0) is 43.0 Å². The van der Waals surface area contributed by atoms with Crippen LogP contribution >= 0.6 is 11.6 Å². The molecule has 0 bridgehead atoms. The van der Waals surface area contributed by atoms with E-state index in [1.807, 2.05) is 12.1 Å². The molecule has 0 aliphatic heterocycles. The van der Waals surface area contributed by atoms with Gasteiger partial charge in [-0.1, -0.05) is 30.6 Å². The minimum absolute atomic E-state index is 0.421. The van der Waals surface area contributed by atoms with Crippen LogP contribution in [0.2, 0.25) is 5.02 Å². The van der Waals surface area contributed by atoms with Crippen molar-refractivity contribution in [1.29, 1.82) is 0 Å². The largest absolute Gasteiger partial charge is 0.356 e. The summed E-state index contributed by atoms with van der Waals surface area (Å²) in [5, 5.41) is 11.1. The van der Waals surface area contributed by atoms with Crippen molar-refractivity contribution in [2.75, 3.05) is 13.6 Å². The van der Waals surface area contributed by atoms with Gasteiger partial charge in [0, 0.05) is 24.2 Å². The van der Waals surface area contributed by atoms with Gasteiger partial charge in [-0.15, -0.1) is 0 Å². The highest BCUT2D eigenvalue weighted by Crippen LogP contribution is 2.18. The van der Waals surface area contributed by atoms with Gasteiger partial charge in [0.2, 0.25) is 11.7 Å². The molecule has 0 unspecified atom stereocenters. The molecule has 130 valence electrons. The van der Waals surface area contributed by atoms with Crippen LogP contribution in [-0.4, -0.2) is 29.7 Å². The van der Waals surface area contributed by atoms with Gasteiger partial charge in [0.15, 0.2) is 5.96 Å². The van der Waals surface area contributed by atoms with E-state index < -0.39 is 0 Å². The molecular weight excluding hydrogens is 326 g/mol. The lowest BCUT2D eigenvalue weighted by molar-refractivity contribution is 0.375. The van der Waals surface area contributed by atoms with E-state index in [9.17, 15) is 0 Å². The fraction of sp³-hybridized carbons (Fsp3) is 0.471. The molecule has 2 N–H and O–H groups in total. The zero-order valence-corrected chi connectivity index (χ0v) is 15.1. The van der Waals surface area contributed by atoms with Gasteiger partial charge in [-0.2, -0.15) is 4.98 Å². The molecule has 1 heterocycles. The van der Waals surface area contributed by atoms with E-state index >= 15 is 0 Å². The standard InChI is InChI=1S/C17H24ClN5O/c1-12(2)5-4-10-20-17(19-3)21-11-15-22-16(23-24-15)13-6-8-14(18)9-7-13/h6-9,12H,4-5,10-11H2,1-3H3,(H2,19,20,21). The number of benzene rings is 1. The van der Waals surface area contributed by atoms with Crippen LogP contribution in [0.4, 0.5) is 0 Å². The monoisotopic (exact) mass is 349 g/mol. The summed E-state index contributed by atoms with van der Waals surface area (Å²) in [6.45, 7) is 5.75. The zero-order valence-electron chi connectivity index (χ0n) is 14.3. The number of halogens is 1. The van der Waals surface area contributed by atoms with E-state index in [1.54, 1.807) is 19.2 Å². The van der Waals surface area contributed by atoms with Crippen molar-refractivity contribution in [1.82, 2.24) is 20.8 Å². The average Bonchev–Trinajstić information content (AvgIpc) is 3.03. The molecule has 0 spiro atoms. The third kappa shape index (κ3) is 5.85. The van der Waals surface area contributed by atoms with E-state index in [2.05, 4.69) is 39.6 Å². The number of guanidine groups is 1. The first-order valence-electron chi connectivity index (χ1n) is 8.11. The Hall–Kier alpha value is -2.08. The first-order valence-corrected chi connectivity index (χ1v) is 8.49. The van der Waals surface area contributed by atoms with Crippen molar-refractivity contribution in [3.05, 3.63) is 35.2 Å². The third-order valence-corrected chi connectivity index (χ3v) is 3.70. The van der Waals surface area contributed by atoms with Gasteiger partial charge in [-0.3, -0.25) is 4.99 Å². The van der Waals surface area contributed by atoms with Crippen molar-refractivity contribution in [2.24, 2.45) is 10.9 Å². The Kier molecular flexibility index (Phi) is 7.06. The maximum Gasteiger partial charge on any atom is 0.246 e. The Morgan fingerprint density at radius 1 is 1.25 bits per heavy atom. The lowest BCUT2D eigenvalue weighted by atomic mass is 10.1. The maximum atomic E-state index is 5.88. The highest BCUT2D eigenvalue weighted by atomic mass is 35.5. The molecule has 0 aliphatic rings. The summed E-state index contributed by atoms with van der Waals surface area (Å²) in [7, 11) is 1.74. The predicted molar refractivity (Wildman–Crippen MR) is 97.0 cm³/mol. The van der Waals surface area contributed by atoms with E-state index in [1.165, 1.54) is 6.42 Å². The van der Waals surface area contributed by atoms with E-state index in [0.717, 1.165) is 24.5 Å². The van der Waals surface area contributed by atoms with E-state index in [4.69, 9.17) is 16.1 Å². The second-order valence-electron chi connectivity index (χ2n) is 5.91. The topological polar surface area (TPSA) is 75.3 Å². The quantitative estimate of drug-likeness (QED) is 0.454. The molecule has 0 fully saturated rings. The first kappa shape index (κ1) is 18.3. The van der Waals surface area contributed by atoms with E-state index in [-0.39, 0.29) is 0 Å². The Morgan fingerprint density at radius 2 is 2.00 bits per heavy atom. The van der Waals surface area contributed by atoms with Crippen LogP contribution in [0.5, 0.6) is 0 Å². The van der Waals surface area contributed by atoms with Crippen molar-refractivity contribution in [3.8, 4) is 11.4 Å². The summed E-state index contributed by atoms with van der Waals surface area (Å²) < 4.78 is 5.26. The molecule has 24 heavy (non-hydrogen) atoms. The highest BCUT2D eigenvalue weighted by molar-refractivity contribution is 6.30. The fourth-order valence-electron chi connectivity index (χ4n) is 2.14. The second kappa shape index (κ2) is 9.27. The van der Waals surface area contributed by atoms with Crippen LogP contribution in [0.1, 0.15) is 32.6 Å². The number of aliphatic imine (C=N–C) groups is 1. The molecule has 0 amide bonds. The molecule has 1 aromatic heterocycles. The number of rotatable bonds is 7. The third-order valence-electron chi connectivity index (χ3n) is 3.45. The normalized spacial score (nSPS) is 11.8. The van der Waals surface area contributed by atoms with Crippen LogP contribution in [0.25, 0.3) is 11.4 Å². The van der Waals surface area contributed by atoms with Crippen LogP contribution in [0, 0.1) is 5.92 Å². The van der Waals surface area contributed by atoms with Gasteiger partial charge in [-0.25, -0.2) is 0 Å². The molecule has 0 aliphatic carbocycles. The number of hydrogen-bond donors (Lipinski definition) is 2. The molecule has 0 radical (unpaired) electrons. The molecule has 2 aromatic rings. The maximum absolute atomic E-state index is 5.88. The summed E-state index contributed by atoms with van der Waals surface area (Å²) in [6.07, 6.45) is 2.30. The van der Waals surface area contributed by atoms with Crippen molar-refractivity contribution in [2.45, 2.75) is 33.2 Å². The number of nitrogens with zero attached hydrogens (tertiary/aromatic N) is 3. The Labute approximate surface area is 147 Å². The van der Waals surface area contributed by atoms with Crippen molar-refractivity contribution >= 4 is 17.6 Å². The highest BCUT2D eigenvalue weighted by Gasteiger charge is 2.09. The minimum atomic E-state index is 0.421. The summed E-state index contributed by atoms with van der Waals surface area (Å²) >= 11 is 5.88. The zero-order chi connectivity index (χ0) is 17.4. The van der Waals surface area contributed by atoms with Gasteiger partial charge in [0.1, 0.15) is 0 Å². The molecule has 0 saturated heterocycles. The summed E-state index contributed by atoms with van der Waals surface area (Å²) in [5.74, 6) is 2.49. The first-order chi connectivity index (χ1) is 11.6. The lowest BCUT2D eigenvalue weighted by Gasteiger charge is -2.10. The summed E-state index contributed by atoms with van der Waals surface area (Å²) in [4.78, 5) is 8.55. The lowest BCUT2D eigenvalue weighted by Crippen LogP contribution is -2.37. The molecule has 6 nitrogen and oxygen atoms in total. The molecule has 2 rings (SSSR count). The van der Waals surface area contributed by atoms with Crippen molar-refractivity contribution < 1.29 is 4.52 Å². The Morgan fingerprint density at radius 3 is 2.67 bits per heavy atom. The van der Waals surface area contributed by atoms with Crippen molar-refractivity contribution in [3.63, 3.8) is 0 Å². The van der Waals surface area contributed by atoms with Crippen LogP contribution in [0.3, 0.4) is 0 Å². The molecule has 0 atom stereocenters. The smallest absolute Gasteiger partial charge is 0.246 e. The molecular formula is C17H24ClN5O. The van der Waals surface area contributed by atoms with Gasteiger partial charge >= 0.3 is 0 Å². The Bertz CT molecular complexity index is 651. The van der Waals surface area contributed by atoms with Crippen LogP contribution in [-0.2, 0) is 6.54 Å². The van der Waals surface area contributed by atoms with Crippen LogP contribution in [0.15, 0.2) is 33.8 Å². The second-order valence-corrected chi connectivity index (χ2v) is 6.34. The van der Waals surface area contributed by atoms with Gasteiger partial charge < -0.3 is 15.2 Å². The summed E-state index contributed by atoms with van der Waals surface area (Å²) in [6, 6.07) is 7.32. The molecule has 7 heteroatoms. The SMILES string of the molecule is CN=C(NCCCC(C)C)NCc1nc(-c2ccc(Cl)cc2)no1. The van der Waals surface area contributed by atoms with E-state index in [0.29, 0.717) is 29.2 Å². The number of aromatic nitrogens is 2. The van der Waals surface area contributed by atoms with Crippen LogP contribution < -0.4 is 10.6 Å². The molecule has 1 aromatic carbocycles. The fourth-order valence-corrected chi connectivity index (χ4v) is 2.27.